The predicted molar refractivity (Wildman–Crippen MR) is 117 cm³/mol. The summed E-state index contributed by atoms with van der Waals surface area (Å²) in [5, 5.41) is 6.33. The molecule has 0 saturated heterocycles. The van der Waals surface area contributed by atoms with Crippen molar-refractivity contribution in [3.8, 4) is 11.3 Å². The molecule has 0 radical (unpaired) electrons. The van der Waals surface area contributed by atoms with Crippen LogP contribution in [0.2, 0.25) is 0 Å². The summed E-state index contributed by atoms with van der Waals surface area (Å²) in [4.78, 5) is 23.2. The van der Waals surface area contributed by atoms with Gasteiger partial charge in [0.25, 0.3) is 15.9 Å². The third kappa shape index (κ3) is 5.39. The maximum absolute atomic E-state index is 13.9. The summed E-state index contributed by atoms with van der Waals surface area (Å²) in [5.74, 6) is -4.08. The highest BCUT2D eigenvalue weighted by molar-refractivity contribution is 7.92. The number of nitrogens with one attached hydrogen (secondary N) is 2. The second-order valence-corrected chi connectivity index (χ2v) is 9.15. The number of hydrogen-bond donors (Lipinski definition) is 2. The second-order valence-electron chi connectivity index (χ2n) is 7.53. The molecule has 9 nitrogen and oxygen atoms in total. The highest BCUT2D eigenvalue weighted by atomic mass is 32.2. The molecule has 3 rings (SSSR count). The van der Waals surface area contributed by atoms with E-state index in [4.69, 9.17) is 4.52 Å². The minimum absolute atomic E-state index is 0.0470. The Morgan fingerprint density at radius 2 is 1.68 bits per heavy atom. The summed E-state index contributed by atoms with van der Waals surface area (Å²) in [5.41, 5.74) is 0.779. The number of aromatic nitrogens is 1. The van der Waals surface area contributed by atoms with Crippen LogP contribution in [-0.4, -0.2) is 38.6 Å². The quantitative estimate of drug-likeness (QED) is 0.461. The fourth-order valence-electron chi connectivity index (χ4n) is 3.01. The van der Waals surface area contributed by atoms with Gasteiger partial charge in [-0.15, -0.1) is 0 Å². The van der Waals surface area contributed by atoms with Crippen LogP contribution < -0.4 is 10.0 Å². The smallest absolute Gasteiger partial charge is 0.328 e. The molecule has 0 aliphatic heterocycles. The number of ether oxygens (including phenoxy) is 1. The van der Waals surface area contributed by atoms with Crippen molar-refractivity contribution >= 4 is 27.6 Å². The standard InChI is InChI=1S/C22H21F2N3O6S/c1-12(2)19(22(29)32-3)25-21(28)18-11-17(26-33-18)13-7-9-14(10-8-13)27-34(30,31)20-15(23)5-4-6-16(20)24/h4-12,19,27H,1-3H3,(H,25,28)/t19-/m1/s1. The van der Waals surface area contributed by atoms with E-state index in [1.807, 2.05) is 0 Å². The van der Waals surface area contributed by atoms with Crippen LogP contribution in [0.4, 0.5) is 14.5 Å². The maximum Gasteiger partial charge on any atom is 0.328 e. The number of sulfonamides is 1. The molecule has 0 saturated carbocycles. The molecular formula is C22H21F2N3O6S. The molecule has 2 aromatic carbocycles. The maximum atomic E-state index is 13.9. The normalized spacial score (nSPS) is 12.3. The van der Waals surface area contributed by atoms with Crippen LogP contribution in [0.5, 0.6) is 0 Å². The number of carbonyl (C=O) groups excluding carboxylic acids is 2. The summed E-state index contributed by atoms with van der Waals surface area (Å²) < 4.78 is 64.3. The van der Waals surface area contributed by atoms with Crippen molar-refractivity contribution in [1.82, 2.24) is 10.5 Å². The van der Waals surface area contributed by atoms with Gasteiger partial charge in [0.2, 0.25) is 5.76 Å². The zero-order chi connectivity index (χ0) is 25.0. The molecule has 1 atom stereocenters. The molecule has 0 unspecified atom stereocenters. The molecule has 180 valence electrons. The monoisotopic (exact) mass is 493 g/mol. The van der Waals surface area contributed by atoms with Crippen LogP contribution in [0.3, 0.4) is 0 Å². The fraction of sp³-hybridized carbons (Fsp3) is 0.227. The molecule has 0 bridgehead atoms. The van der Waals surface area contributed by atoms with E-state index >= 15 is 0 Å². The van der Waals surface area contributed by atoms with Gasteiger partial charge in [0, 0.05) is 17.3 Å². The summed E-state index contributed by atoms with van der Waals surface area (Å²) in [6.07, 6.45) is 0. The first kappa shape index (κ1) is 24.8. The first-order valence-corrected chi connectivity index (χ1v) is 11.4. The van der Waals surface area contributed by atoms with Crippen molar-refractivity contribution in [2.75, 3.05) is 11.8 Å². The Hall–Kier alpha value is -3.80. The number of benzene rings is 2. The first-order valence-electron chi connectivity index (χ1n) is 9.96. The van der Waals surface area contributed by atoms with Gasteiger partial charge in [0.05, 0.1) is 7.11 Å². The number of anilines is 1. The third-order valence-corrected chi connectivity index (χ3v) is 6.19. The zero-order valence-corrected chi connectivity index (χ0v) is 19.2. The lowest BCUT2D eigenvalue weighted by Crippen LogP contribution is -2.44. The zero-order valence-electron chi connectivity index (χ0n) is 18.3. The van der Waals surface area contributed by atoms with Gasteiger partial charge in [0.15, 0.2) is 4.90 Å². The number of esters is 1. The summed E-state index contributed by atoms with van der Waals surface area (Å²) in [6, 6.07) is 8.86. The molecular weight excluding hydrogens is 472 g/mol. The lowest BCUT2D eigenvalue weighted by molar-refractivity contribution is -0.144. The molecule has 3 aromatic rings. The van der Waals surface area contributed by atoms with E-state index in [2.05, 4.69) is 19.9 Å². The van der Waals surface area contributed by atoms with E-state index in [-0.39, 0.29) is 23.1 Å². The topological polar surface area (TPSA) is 128 Å². The molecule has 2 N–H and O–H groups in total. The number of rotatable bonds is 8. The number of hydrogen-bond acceptors (Lipinski definition) is 7. The minimum Gasteiger partial charge on any atom is -0.467 e. The van der Waals surface area contributed by atoms with Gasteiger partial charge in [-0.2, -0.15) is 0 Å². The number of halogens is 2. The highest BCUT2D eigenvalue weighted by Gasteiger charge is 2.27. The first-order chi connectivity index (χ1) is 16.0. The summed E-state index contributed by atoms with van der Waals surface area (Å²) in [7, 11) is -3.30. The Morgan fingerprint density at radius 3 is 2.24 bits per heavy atom. The molecule has 34 heavy (non-hydrogen) atoms. The number of methoxy groups -OCH3 is 1. The molecule has 0 fully saturated rings. The second kappa shape index (κ2) is 10.00. The van der Waals surface area contributed by atoms with E-state index in [0.717, 1.165) is 18.2 Å². The molecule has 0 aliphatic carbocycles. The predicted octanol–water partition coefficient (Wildman–Crippen LogP) is 3.35. The van der Waals surface area contributed by atoms with Crippen molar-refractivity contribution < 1.29 is 36.0 Å². The molecule has 0 spiro atoms. The van der Waals surface area contributed by atoms with Crippen molar-refractivity contribution in [3.05, 3.63) is 65.9 Å². The van der Waals surface area contributed by atoms with Gasteiger partial charge in [-0.3, -0.25) is 9.52 Å². The van der Waals surface area contributed by atoms with Gasteiger partial charge < -0.3 is 14.6 Å². The molecule has 1 heterocycles. The van der Waals surface area contributed by atoms with Gasteiger partial charge in [-0.25, -0.2) is 22.0 Å². The van der Waals surface area contributed by atoms with Crippen molar-refractivity contribution in [1.29, 1.82) is 0 Å². The number of amides is 1. The van der Waals surface area contributed by atoms with Crippen LogP contribution in [0, 0.1) is 17.6 Å². The van der Waals surface area contributed by atoms with E-state index in [1.165, 1.54) is 37.4 Å². The van der Waals surface area contributed by atoms with Gasteiger partial charge in [-0.05, 0) is 30.2 Å². The average Bonchev–Trinajstić information content (AvgIpc) is 3.27. The number of nitrogens with zero attached hydrogens (tertiary/aromatic N) is 1. The largest absolute Gasteiger partial charge is 0.467 e. The van der Waals surface area contributed by atoms with Crippen LogP contribution >= 0.6 is 0 Å². The van der Waals surface area contributed by atoms with Crippen LogP contribution in [0.1, 0.15) is 24.4 Å². The van der Waals surface area contributed by atoms with Crippen molar-refractivity contribution in [2.24, 2.45) is 5.92 Å². The molecule has 0 aliphatic rings. The summed E-state index contributed by atoms with van der Waals surface area (Å²) >= 11 is 0. The Balaban J connectivity index is 1.75. The van der Waals surface area contributed by atoms with Crippen molar-refractivity contribution in [3.63, 3.8) is 0 Å². The highest BCUT2D eigenvalue weighted by Crippen LogP contribution is 2.25. The average molecular weight is 493 g/mol. The van der Waals surface area contributed by atoms with Gasteiger partial charge >= 0.3 is 5.97 Å². The van der Waals surface area contributed by atoms with E-state index in [9.17, 15) is 26.8 Å². The van der Waals surface area contributed by atoms with Crippen LogP contribution in [-0.2, 0) is 19.6 Å². The van der Waals surface area contributed by atoms with E-state index in [1.54, 1.807) is 13.8 Å². The minimum atomic E-state index is -4.51. The lowest BCUT2D eigenvalue weighted by Gasteiger charge is -2.18. The Kier molecular flexibility index (Phi) is 7.30. The van der Waals surface area contributed by atoms with Gasteiger partial charge in [0.1, 0.15) is 23.4 Å². The SMILES string of the molecule is COC(=O)[C@H](NC(=O)c1cc(-c2ccc(NS(=O)(=O)c3c(F)cccc3F)cc2)no1)C(C)C. The van der Waals surface area contributed by atoms with Gasteiger partial charge in [-0.1, -0.05) is 37.2 Å². The van der Waals surface area contributed by atoms with Crippen molar-refractivity contribution in [2.45, 2.75) is 24.8 Å². The fourth-order valence-corrected chi connectivity index (χ4v) is 4.21. The number of carbonyl (C=O) groups is 2. The van der Waals surface area contributed by atoms with Crippen LogP contribution in [0.15, 0.2) is 57.9 Å². The Labute approximate surface area is 194 Å². The Bertz CT molecular complexity index is 1290. The molecule has 12 heteroatoms. The summed E-state index contributed by atoms with van der Waals surface area (Å²) in [6.45, 7) is 3.48. The Morgan fingerprint density at radius 1 is 1.06 bits per heavy atom. The third-order valence-electron chi connectivity index (χ3n) is 4.76. The van der Waals surface area contributed by atoms with E-state index in [0.29, 0.717) is 5.56 Å². The van der Waals surface area contributed by atoms with E-state index < -0.39 is 44.5 Å². The molecule has 1 amide bonds. The van der Waals surface area contributed by atoms with Crippen LogP contribution in [0.25, 0.3) is 11.3 Å². The molecule has 1 aromatic heterocycles. The lowest BCUT2D eigenvalue weighted by atomic mass is 10.0.